The van der Waals surface area contributed by atoms with Crippen LogP contribution >= 0.6 is 27.3 Å². The Morgan fingerprint density at radius 1 is 1.33 bits per heavy atom. The minimum absolute atomic E-state index is 0.300. The van der Waals surface area contributed by atoms with Crippen molar-refractivity contribution in [1.29, 1.82) is 0 Å². The van der Waals surface area contributed by atoms with Crippen molar-refractivity contribution in [2.24, 2.45) is 0 Å². The van der Waals surface area contributed by atoms with Crippen molar-refractivity contribution < 1.29 is 9.90 Å². The lowest BCUT2D eigenvalue weighted by molar-refractivity contribution is 0.0697. The fraction of sp³-hybridized carbons (Fsp3) is 0.467. The zero-order chi connectivity index (χ0) is 14.8. The van der Waals surface area contributed by atoms with Crippen molar-refractivity contribution in [2.75, 3.05) is 0 Å². The number of carbonyl (C=O) groups is 1. The molecule has 1 aliphatic rings. The van der Waals surface area contributed by atoms with Crippen LogP contribution in [0.3, 0.4) is 0 Å². The quantitative estimate of drug-likeness (QED) is 0.778. The highest BCUT2D eigenvalue weighted by molar-refractivity contribution is 9.10. The molecule has 0 radical (unpaired) electrons. The number of halogens is 1. The molecule has 1 N–H and O–H groups in total. The first-order valence-corrected chi connectivity index (χ1v) is 8.89. The maximum absolute atomic E-state index is 11.5. The van der Waals surface area contributed by atoms with Crippen LogP contribution in [-0.2, 0) is 0 Å². The Morgan fingerprint density at radius 3 is 2.62 bits per heavy atom. The summed E-state index contributed by atoms with van der Waals surface area (Å²) in [6.45, 7) is 0. The Labute approximate surface area is 135 Å². The van der Waals surface area contributed by atoms with Crippen LogP contribution in [0.25, 0.3) is 10.6 Å². The minimum Gasteiger partial charge on any atom is -0.478 e. The molecule has 0 spiro atoms. The summed E-state index contributed by atoms with van der Waals surface area (Å²) in [5, 5.41) is 16.0. The number of aromatic nitrogens is 2. The minimum atomic E-state index is -0.908. The van der Waals surface area contributed by atoms with E-state index in [-0.39, 0.29) is 0 Å². The van der Waals surface area contributed by atoms with Crippen molar-refractivity contribution in [1.82, 2.24) is 9.78 Å². The highest BCUT2D eigenvalue weighted by atomic mass is 79.9. The predicted octanol–water partition coefficient (Wildman–Crippen LogP) is 4.97. The smallest absolute Gasteiger partial charge is 0.339 e. The van der Waals surface area contributed by atoms with Crippen LogP contribution in [0.4, 0.5) is 0 Å². The summed E-state index contributed by atoms with van der Waals surface area (Å²) in [6.07, 6.45) is 8.84. The first kappa shape index (κ1) is 14.8. The van der Waals surface area contributed by atoms with Crippen LogP contribution in [0.1, 0.15) is 54.9 Å². The van der Waals surface area contributed by atoms with E-state index in [2.05, 4.69) is 21.0 Å². The maximum atomic E-state index is 11.5. The van der Waals surface area contributed by atoms with E-state index in [1.165, 1.54) is 37.0 Å². The summed E-state index contributed by atoms with van der Waals surface area (Å²) < 4.78 is 2.85. The molecular formula is C15H17BrN2O2S. The van der Waals surface area contributed by atoms with E-state index in [1.54, 1.807) is 6.20 Å². The fourth-order valence-corrected chi connectivity index (χ4v) is 4.30. The lowest BCUT2D eigenvalue weighted by Crippen LogP contribution is -2.08. The topological polar surface area (TPSA) is 55.1 Å². The Morgan fingerprint density at radius 2 is 2.05 bits per heavy atom. The van der Waals surface area contributed by atoms with Crippen LogP contribution in [0, 0.1) is 0 Å². The predicted molar refractivity (Wildman–Crippen MR) is 86.9 cm³/mol. The van der Waals surface area contributed by atoms with Gasteiger partial charge in [0.25, 0.3) is 0 Å². The van der Waals surface area contributed by atoms with Gasteiger partial charge in [0, 0.05) is 16.0 Å². The molecular weight excluding hydrogens is 352 g/mol. The molecule has 1 fully saturated rings. The molecule has 2 heterocycles. The molecule has 3 rings (SSSR count). The number of nitrogens with zero attached hydrogens (tertiary/aromatic N) is 2. The number of hydrogen-bond donors (Lipinski definition) is 1. The standard InChI is InChI=1S/C15H17BrN2O2S/c16-10-7-13(21-9-10)14-12(15(19)20)8-18(17-14)11-5-3-1-2-4-6-11/h7-9,11H,1-6H2,(H,19,20). The van der Waals surface area contributed by atoms with Gasteiger partial charge in [0.1, 0.15) is 11.3 Å². The largest absolute Gasteiger partial charge is 0.478 e. The van der Waals surface area contributed by atoms with Crippen molar-refractivity contribution >= 4 is 33.2 Å². The monoisotopic (exact) mass is 368 g/mol. The molecule has 0 unspecified atom stereocenters. The van der Waals surface area contributed by atoms with Gasteiger partial charge in [0.05, 0.1) is 10.9 Å². The van der Waals surface area contributed by atoms with Gasteiger partial charge in [0.15, 0.2) is 0 Å². The number of hydrogen-bond acceptors (Lipinski definition) is 3. The average molecular weight is 369 g/mol. The highest BCUT2D eigenvalue weighted by Crippen LogP contribution is 2.33. The van der Waals surface area contributed by atoms with Crippen molar-refractivity contribution in [2.45, 2.75) is 44.6 Å². The molecule has 0 aliphatic heterocycles. The van der Waals surface area contributed by atoms with Gasteiger partial charge in [-0.2, -0.15) is 5.10 Å². The third-order valence-corrected chi connectivity index (χ3v) is 5.66. The molecule has 0 saturated heterocycles. The zero-order valence-corrected chi connectivity index (χ0v) is 14.0. The second-order valence-corrected chi connectivity index (χ2v) is 7.28. The van der Waals surface area contributed by atoms with Gasteiger partial charge in [-0.15, -0.1) is 11.3 Å². The number of carboxylic acid groups (broad SMARTS) is 1. The SMILES string of the molecule is O=C(O)c1cn(C2CCCCCC2)nc1-c1cc(Br)cs1. The van der Waals surface area contributed by atoms with Gasteiger partial charge in [0.2, 0.25) is 0 Å². The van der Waals surface area contributed by atoms with Gasteiger partial charge < -0.3 is 5.11 Å². The van der Waals surface area contributed by atoms with Crippen LogP contribution in [0.15, 0.2) is 22.1 Å². The molecule has 4 nitrogen and oxygen atoms in total. The van der Waals surface area contributed by atoms with Crippen LogP contribution in [-0.4, -0.2) is 20.9 Å². The summed E-state index contributed by atoms with van der Waals surface area (Å²) in [5.74, 6) is -0.908. The molecule has 1 aliphatic carbocycles. The van der Waals surface area contributed by atoms with E-state index in [1.807, 2.05) is 16.1 Å². The molecule has 0 bridgehead atoms. The summed E-state index contributed by atoms with van der Waals surface area (Å²) in [4.78, 5) is 12.4. The molecule has 6 heteroatoms. The highest BCUT2D eigenvalue weighted by Gasteiger charge is 2.22. The molecule has 0 atom stereocenters. The van der Waals surface area contributed by atoms with Gasteiger partial charge in [-0.1, -0.05) is 25.7 Å². The summed E-state index contributed by atoms with van der Waals surface area (Å²) in [5.41, 5.74) is 0.885. The van der Waals surface area contributed by atoms with Crippen molar-refractivity contribution in [3.63, 3.8) is 0 Å². The third-order valence-electron chi connectivity index (χ3n) is 3.96. The Balaban J connectivity index is 1.97. The van der Waals surface area contributed by atoms with Crippen LogP contribution in [0.2, 0.25) is 0 Å². The van der Waals surface area contributed by atoms with Crippen LogP contribution < -0.4 is 0 Å². The average Bonchev–Trinajstić information content (AvgIpc) is 2.98. The Hall–Kier alpha value is -1.14. The Bertz CT molecular complexity index is 642. The van der Waals surface area contributed by atoms with E-state index in [4.69, 9.17) is 0 Å². The van der Waals surface area contributed by atoms with E-state index in [0.29, 0.717) is 17.3 Å². The number of rotatable bonds is 3. The van der Waals surface area contributed by atoms with E-state index in [0.717, 1.165) is 22.2 Å². The summed E-state index contributed by atoms with van der Waals surface area (Å²) in [7, 11) is 0. The van der Waals surface area contributed by atoms with E-state index in [9.17, 15) is 9.90 Å². The van der Waals surface area contributed by atoms with Crippen molar-refractivity contribution in [3.8, 4) is 10.6 Å². The Kier molecular flexibility index (Phi) is 4.45. The number of carboxylic acids is 1. The fourth-order valence-electron chi connectivity index (χ4n) is 2.88. The first-order chi connectivity index (χ1) is 10.1. The van der Waals surface area contributed by atoms with Gasteiger partial charge in [-0.3, -0.25) is 4.68 Å². The number of thiophene rings is 1. The van der Waals surface area contributed by atoms with E-state index >= 15 is 0 Å². The zero-order valence-electron chi connectivity index (χ0n) is 11.6. The van der Waals surface area contributed by atoms with E-state index < -0.39 is 5.97 Å². The number of aromatic carboxylic acids is 1. The third kappa shape index (κ3) is 3.21. The molecule has 112 valence electrons. The first-order valence-electron chi connectivity index (χ1n) is 7.22. The van der Waals surface area contributed by atoms with Gasteiger partial charge >= 0.3 is 5.97 Å². The molecule has 2 aromatic heterocycles. The molecule has 0 amide bonds. The molecule has 21 heavy (non-hydrogen) atoms. The summed E-state index contributed by atoms with van der Waals surface area (Å²) >= 11 is 4.93. The summed E-state index contributed by atoms with van der Waals surface area (Å²) in [6, 6.07) is 2.26. The normalized spacial score (nSPS) is 16.8. The molecule has 1 saturated carbocycles. The molecule has 0 aromatic carbocycles. The van der Waals surface area contributed by atoms with Crippen molar-refractivity contribution in [3.05, 3.63) is 27.7 Å². The van der Waals surface area contributed by atoms with Gasteiger partial charge in [-0.05, 0) is 34.8 Å². The lowest BCUT2D eigenvalue weighted by atomic mass is 10.1. The van der Waals surface area contributed by atoms with Gasteiger partial charge in [-0.25, -0.2) is 4.79 Å². The molecule has 2 aromatic rings. The van der Waals surface area contributed by atoms with Crippen LogP contribution in [0.5, 0.6) is 0 Å². The lowest BCUT2D eigenvalue weighted by Gasteiger charge is -2.14. The second-order valence-electron chi connectivity index (χ2n) is 5.45. The second kappa shape index (κ2) is 6.32. The maximum Gasteiger partial charge on any atom is 0.339 e.